The number of aromatic nitrogens is 1. The van der Waals surface area contributed by atoms with Gasteiger partial charge < -0.3 is 10.3 Å². The summed E-state index contributed by atoms with van der Waals surface area (Å²) in [5, 5.41) is 4.70. The van der Waals surface area contributed by atoms with Crippen LogP contribution < -0.4 is 5.32 Å². The standard InChI is InChI=1S/C19H25N3O2S2/c1-3-22(4-2)26(23,24)19-9-8-16(25-19)10-12-20-14-15-6-5-7-18-17(15)11-13-21-18/h5-9,11,13,20-21H,3-4,10,12,14H2,1-2H3. The van der Waals surface area contributed by atoms with E-state index < -0.39 is 10.0 Å². The normalized spacial score (nSPS) is 12.3. The van der Waals surface area contributed by atoms with Gasteiger partial charge in [-0.05, 0) is 36.2 Å². The number of sulfonamides is 1. The number of nitrogens with one attached hydrogen (secondary N) is 2. The molecule has 26 heavy (non-hydrogen) atoms. The summed E-state index contributed by atoms with van der Waals surface area (Å²) in [7, 11) is -3.34. The van der Waals surface area contributed by atoms with Crippen LogP contribution in [0.25, 0.3) is 10.9 Å². The van der Waals surface area contributed by atoms with Gasteiger partial charge in [0.15, 0.2) is 0 Å². The van der Waals surface area contributed by atoms with Gasteiger partial charge in [0.2, 0.25) is 0 Å². The Morgan fingerprint density at radius 2 is 1.92 bits per heavy atom. The van der Waals surface area contributed by atoms with Crippen LogP contribution in [0.5, 0.6) is 0 Å². The maximum Gasteiger partial charge on any atom is 0.252 e. The average molecular weight is 392 g/mol. The van der Waals surface area contributed by atoms with Crippen molar-refractivity contribution in [2.24, 2.45) is 0 Å². The summed E-state index contributed by atoms with van der Waals surface area (Å²) in [5.41, 5.74) is 2.41. The maximum absolute atomic E-state index is 12.5. The molecule has 0 saturated carbocycles. The molecule has 0 spiro atoms. The van der Waals surface area contributed by atoms with Crippen molar-refractivity contribution in [2.45, 2.75) is 31.0 Å². The average Bonchev–Trinajstić information content (AvgIpc) is 3.29. The summed E-state index contributed by atoms with van der Waals surface area (Å²) >= 11 is 1.37. The van der Waals surface area contributed by atoms with Gasteiger partial charge in [0.1, 0.15) is 4.21 Å². The minimum absolute atomic E-state index is 0.438. The Morgan fingerprint density at radius 1 is 1.12 bits per heavy atom. The summed E-state index contributed by atoms with van der Waals surface area (Å²) in [6, 6.07) is 12.0. The highest BCUT2D eigenvalue weighted by molar-refractivity contribution is 7.91. The zero-order valence-corrected chi connectivity index (χ0v) is 16.8. The molecule has 7 heteroatoms. The molecule has 3 aromatic rings. The Bertz CT molecular complexity index is 956. The highest BCUT2D eigenvalue weighted by atomic mass is 32.2. The predicted octanol–water partition coefficient (Wildman–Crippen LogP) is 3.59. The molecule has 5 nitrogen and oxygen atoms in total. The number of rotatable bonds is 9. The third kappa shape index (κ3) is 4.01. The van der Waals surface area contributed by atoms with Gasteiger partial charge in [-0.3, -0.25) is 0 Å². The number of aromatic amines is 1. The number of benzene rings is 1. The summed E-state index contributed by atoms with van der Waals surface area (Å²) in [5.74, 6) is 0. The Morgan fingerprint density at radius 3 is 2.69 bits per heavy atom. The molecule has 140 valence electrons. The fourth-order valence-corrected chi connectivity index (χ4v) is 6.03. The van der Waals surface area contributed by atoms with Gasteiger partial charge in [-0.15, -0.1) is 11.3 Å². The second-order valence-corrected chi connectivity index (χ2v) is 9.43. The van der Waals surface area contributed by atoms with Crippen LogP contribution in [0.4, 0.5) is 0 Å². The molecule has 0 saturated heterocycles. The number of hydrogen-bond donors (Lipinski definition) is 2. The van der Waals surface area contributed by atoms with Crippen LogP contribution in [0.15, 0.2) is 46.8 Å². The van der Waals surface area contributed by atoms with E-state index in [1.165, 1.54) is 26.6 Å². The molecule has 0 bridgehead atoms. The highest BCUT2D eigenvalue weighted by Crippen LogP contribution is 2.25. The van der Waals surface area contributed by atoms with Crippen LogP contribution in [-0.2, 0) is 23.0 Å². The Labute approximate surface area is 159 Å². The van der Waals surface area contributed by atoms with Gasteiger partial charge >= 0.3 is 0 Å². The molecule has 0 fully saturated rings. The molecule has 3 rings (SSSR count). The van der Waals surface area contributed by atoms with E-state index in [1.807, 2.05) is 26.1 Å². The summed E-state index contributed by atoms with van der Waals surface area (Å²) in [4.78, 5) is 4.31. The van der Waals surface area contributed by atoms with Crippen molar-refractivity contribution in [2.75, 3.05) is 19.6 Å². The van der Waals surface area contributed by atoms with E-state index in [9.17, 15) is 8.42 Å². The molecular weight excluding hydrogens is 366 g/mol. The summed E-state index contributed by atoms with van der Waals surface area (Å²) < 4.78 is 27.0. The Balaban J connectivity index is 1.56. The number of thiophene rings is 1. The monoisotopic (exact) mass is 391 g/mol. The molecule has 0 aliphatic heterocycles. The lowest BCUT2D eigenvalue weighted by Gasteiger charge is -2.16. The van der Waals surface area contributed by atoms with Crippen LogP contribution in [0.2, 0.25) is 0 Å². The molecule has 0 aliphatic carbocycles. The zero-order valence-electron chi connectivity index (χ0n) is 15.2. The number of hydrogen-bond acceptors (Lipinski definition) is 4. The van der Waals surface area contributed by atoms with Crippen LogP contribution in [0.1, 0.15) is 24.3 Å². The molecule has 0 atom stereocenters. The zero-order chi connectivity index (χ0) is 18.6. The fraction of sp³-hybridized carbons (Fsp3) is 0.368. The van der Waals surface area contributed by atoms with Crippen molar-refractivity contribution < 1.29 is 8.42 Å². The second-order valence-electron chi connectivity index (χ2n) is 6.09. The minimum atomic E-state index is -3.34. The molecule has 0 aliphatic rings. The first kappa shape index (κ1) is 19.1. The maximum atomic E-state index is 12.5. The summed E-state index contributed by atoms with van der Waals surface area (Å²) in [6.07, 6.45) is 2.78. The second kappa shape index (κ2) is 8.35. The van der Waals surface area contributed by atoms with Crippen LogP contribution >= 0.6 is 11.3 Å². The smallest absolute Gasteiger partial charge is 0.252 e. The van der Waals surface area contributed by atoms with Gasteiger partial charge in [-0.1, -0.05) is 26.0 Å². The van der Waals surface area contributed by atoms with Gasteiger partial charge in [-0.25, -0.2) is 8.42 Å². The van der Waals surface area contributed by atoms with Gasteiger partial charge in [-0.2, -0.15) is 4.31 Å². The van der Waals surface area contributed by atoms with E-state index in [0.717, 1.165) is 29.9 Å². The van der Waals surface area contributed by atoms with Gasteiger partial charge in [0, 0.05) is 48.2 Å². The quantitative estimate of drug-likeness (QED) is 0.548. The lowest BCUT2D eigenvalue weighted by atomic mass is 10.1. The lowest BCUT2D eigenvalue weighted by Crippen LogP contribution is -2.29. The largest absolute Gasteiger partial charge is 0.361 e. The van der Waals surface area contributed by atoms with Crippen molar-refractivity contribution in [1.82, 2.24) is 14.6 Å². The van der Waals surface area contributed by atoms with E-state index in [0.29, 0.717) is 17.3 Å². The Kier molecular flexibility index (Phi) is 6.13. The van der Waals surface area contributed by atoms with E-state index in [-0.39, 0.29) is 0 Å². The van der Waals surface area contributed by atoms with E-state index in [4.69, 9.17) is 0 Å². The predicted molar refractivity (Wildman–Crippen MR) is 108 cm³/mol. The molecule has 2 aromatic heterocycles. The molecule has 2 N–H and O–H groups in total. The van der Waals surface area contributed by atoms with Crippen molar-refractivity contribution >= 4 is 32.3 Å². The lowest BCUT2D eigenvalue weighted by molar-refractivity contribution is 0.447. The minimum Gasteiger partial charge on any atom is -0.361 e. The first-order chi connectivity index (χ1) is 12.6. The molecular formula is C19H25N3O2S2. The van der Waals surface area contributed by atoms with Crippen molar-refractivity contribution in [3.63, 3.8) is 0 Å². The molecule has 2 heterocycles. The molecule has 1 aromatic carbocycles. The Hall–Kier alpha value is -1.67. The van der Waals surface area contributed by atoms with E-state index >= 15 is 0 Å². The molecule has 0 amide bonds. The van der Waals surface area contributed by atoms with Crippen LogP contribution in [-0.4, -0.2) is 37.3 Å². The number of nitrogens with zero attached hydrogens (tertiary/aromatic N) is 1. The first-order valence-corrected chi connectivity index (χ1v) is 11.2. The van der Waals surface area contributed by atoms with E-state index in [1.54, 1.807) is 6.07 Å². The van der Waals surface area contributed by atoms with Crippen molar-refractivity contribution in [1.29, 1.82) is 0 Å². The first-order valence-electron chi connectivity index (χ1n) is 8.90. The topological polar surface area (TPSA) is 65.2 Å². The highest BCUT2D eigenvalue weighted by Gasteiger charge is 2.23. The molecule has 0 unspecified atom stereocenters. The number of fused-ring (bicyclic) bond motifs is 1. The third-order valence-electron chi connectivity index (χ3n) is 4.49. The van der Waals surface area contributed by atoms with Crippen LogP contribution in [0.3, 0.4) is 0 Å². The summed E-state index contributed by atoms with van der Waals surface area (Å²) in [6.45, 7) is 6.34. The molecule has 0 radical (unpaired) electrons. The van der Waals surface area contributed by atoms with Gasteiger partial charge in [0.25, 0.3) is 10.0 Å². The van der Waals surface area contributed by atoms with Gasteiger partial charge in [0.05, 0.1) is 0 Å². The van der Waals surface area contributed by atoms with Crippen molar-refractivity contribution in [3.05, 3.63) is 53.0 Å². The van der Waals surface area contributed by atoms with Crippen LogP contribution in [0, 0.1) is 0 Å². The fourth-order valence-electron chi connectivity index (χ4n) is 3.06. The van der Waals surface area contributed by atoms with Crippen molar-refractivity contribution in [3.8, 4) is 0 Å². The van der Waals surface area contributed by atoms with E-state index in [2.05, 4.69) is 34.6 Å². The third-order valence-corrected chi connectivity index (χ3v) is 8.15. The number of H-pyrrole nitrogens is 1. The SMILES string of the molecule is CCN(CC)S(=O)(=O)c1ccc(CCNCc2cccc3[nH]ccc23)s1.